The molecular weight excluding hydrogens is 206 g/mol. The molecular formula is C12H15NO3. The molecule has 0 saturated carbocycles. The lowest BCUT2D eigenvalue weighted by molar-refractivity contribution is 0.0600. The maximum absolute atomic E-state index is 11.2. The molecule has 1 aliphatic rings. The van der Waals surface area contributed by atoms with Crippen LogP contribution in [0.3, 0.4) is 0 Å². The van der Waals surface area contributed by atoms with Gasteiger partial charge in [-0.05, 0) is 37.2 Å². The molecule has 1 aromatic carbocycles. The Labute approximate surface area is 94.6 Å². The highest BCUT2D eigenvalue weighted by molar-refractivity contribution is 5.89. The fourth-order valence-corrected chi connectivity index (χ4v) is 1.71. The van der Waals surface area contributed by atoms with Crippen LogP contribution in [-0.4, -0.2) is 32.3 Å². The normalized spacial score (nSPS) is 19.4. The number of hydrogen-bond acceptors (Lipinski definition) is 4. The van der Waals surface area contributed by atoms with Gasteiger partial charge in [-0.3, -0.25) is 0 Å². The highest BCUT2D eigenvalue weighted by Gasteiger charge is 2.15. The summed E-state index contributed by atoms with van der Waals surface area (Å²) in [5.74, 6) is 0.468. The van der Waals surface area contributed by atoms with E-state index in [0.717, 1.165) is 25.3 Å². The van der Waals surface area contributed by atoms with E-state index in [9.17, 15) is 4.79 Å². The fourth-order valence-electron chi connectivity index (χ4n) is 1.71. The van der Waals surface area contributed by atoms with E-state index in [1.165, 1.54) is 7.11 Å². The van der Waals surface area contributed by atoms with Crippen LogP contribution in [0.4, 0.5) is 0 Å². The van der Waals surface area contributed by atoms with Gasteiger partial charge in [-0.2, -0.15) is 0 Å². The van der Waals surface area contributed by atoms with Gasteiger partial charge in [0.25, 0.3) is 0 Å². The standard InChI is InChI=1S/C12H15NO3/c1-15-12(14)9-2-4-10(5-3-9)16-11-6-7-13-8-11/h2-5,11,13H,6-8H2,1H3. The molecule has 86 valence electrons. The van der Waals surface area contributed by atoms with E-state index < -0.39 is 0 Å². The largest absolute Gasteiger partial charge is 0.489 e. The second kappa shape index (κ2) is 4.99. The molecule has 1 saturated heterocycles. The number of rotatable bonds is 3. The van der Waals surface area contributed by atoms with Crippen molar-refractivity contribution in [1.29, 1.82) is 0 Å². The Morgan fingerprint density at radius 3 is 2.69 bits per heavy atom. The van der Waals surface area contributed by atoms with Crippen molar-refractivity contribution in [3.63, 3.8) is 0 Å². The Kier molecular flexibility index (Phi) is 3.41. The number of hydrogen-bond donors (Lipinski definition) is 1. The van der Waals surface area contributed by atoms with Crippen molar-refractivity contribution in [2.24, 2.45) is 0 Å². The molecule has 1 atom stereocenters. The highest BCUT2D eigenvalue weighted by Crippen LogP contribution is 2.16. The minimum atomic E-state index is -0.325. The molecule has 0 radical (unpaired) electrons. The van der Waals surface area contributed by atoms with Gasteiger partial charge < -0.3 is 14.8 Å². The average molecular weight is 221 g/mol. The minimum absolute atomic E-state index is 0.240. The van der Waals surface area contributed by atoms with E-state index in [2.05, 4.69) is 10.1 Å². The molecule has 0 amide bonds. The Hall–Kier alpha value is -1.55. The molecule has 0 aliphatic carbocycles. The Morgan fingerprint density at radius 1 is 1.38 bits per heavy atom. The first kappa shape index (κ1) is 11.0. The van der Waals surface area contributed by atoms with Gasteiger partial charge in [0.1, 0.15) is 11.9 Å². The molecule has 1 aromatic rings. The van der Waals surface area contributed by atoms with Crippen LogP contribution in [0.25, 0.3) is 0 Å². The lowest BCUT2D eigenvalue weighted by Gasteiger charge is -2.12. The van der Waals surface area contributed by atoms with Crippen LogP contribution in [0, 0.1) is 0 Å². The molecule has 2 rings (SSSR count). The van der Waals surface area contributed by atoms with Gasteiger partial charge in [-0.1, -0.05) is 0 Å². The Balaban J connectivity index is 1.98. The van der Waals surface area contributed by atoms with E-state index in [-0.39, 0.29) is 12.1 Å². The number of methoxy groups -OCH3 is 1. The van der Waals surface area contributed by atoms with E-state index in [1.807, 2.05) is 0 Å². The summed E-state index contributed by atoms with van der Waals surface area (Å²) in [6.45, 7) is 1.89. The van der Waals surface area contributed by atoms with Gasteiger partial charge in [0.05, 0.1) is 12.7 Å². The molecule has 4 heteroatoms. The number of ether oxygens (including phenoxy) is 2. The zero-order valence-corrected chi connectivity index (χ0v) is 9.23. The summed E-state index contributed by atoms with van der Waals surface area (Å²) >= 11 is 0. The SMILES string of the molecule is COC(=O)c1ccc(OC2CCNC2)cc1. The second-order valence-electron chi connectivity index (χ2n) is 3.75. The van der Waals surface area contributed by atoms with Crippen molar-refractivity contribution in [2.75, 3.05) is 20.2 Å². The van der Waals surface area contributed by atoms with Gasteiger partial charge in [0.2, 0.25) is 0 Å². The molecule has 1 aliphatic heterocycles. The molecule has 0 aromatic heterocycles. The third-order valence-electron chi connectivity index (χ3n) is 2.59. The number of carbonyl (C=O) groups excluding carboxylic acids is 1. The van der Waals surface area contributed by atoms with E-state index in [4.69, 9.17) is 4.74 Å². The van der Waals surface area contributed by atoms with Crippen molar-refractivity contribution in [1.82, 2.24) is 5.32 Å². The first-order valence-electron chi connectivity index (χ1n) is 5.35. The minimum Gasteiger partial charge on any atom is -0.489 e. The van der Waals surface area contributed by atoms with Gasteiger partial charge >= 0.3 is 5.97 Å². The smallest absolute Gasteiger partial charge is 0.337 e. The lowest BCUT2D eigenvalue weighted by Crippen LogP contribution is -2.19. The van der Waals surface area contributed by atoms with Gasteiger partial charge in [-0.25, -0.2) is 4.79 Å². The van der Waals surface area contributed by atoms with Gasteiger partial charge in [0, 0.05) is 6.54 Å². The quantitative estimate of drug-likeness (QED) is 0.779. The third-order valence-corrected chi connectivity index (χ3v) is 2.59. The van der Waals surface area contributed by atoms with Crippen molar-refractivity contribution < 1.29 is 14.3 Å². The summed E-state index contributed by atoms with van der Waals surface area (Å²) in [5.41, 5.74) is 0.541. The molecule has 1 fully saturated rings. The summed E-state index contributed by atoms with van der Waals surface area (Å²) in [5, 5.41) is 3.23. The summed E-state index contributed by atoms with van der Waals surface area (Å²) in [6.07, 6.45) is 1.27. The lowest BCUT2D eigenvalue weighted by atomic mass is 10.2. The molecule has 0 bridgehead atoms. The van der Waals surface area contributed by atoms with E-state index in [1.54, 1.807) is 24.3 Å². The Morgan fingerprint density at radius 2 is 2.12 bits per heavy atom. The molecule has 16 heavy (non-hydrogen) atoms. The molecule has 0 spiro atoms. The molecule has 4 nitrogen and oxygen atoms in total. The summed E-state index contributed by atoms with van der Waals surface area (Å²) < 4.78 is 10.3. The Bertz CT molecular complexity index is 355. The topological polar surface area (TPSA) is 47.6 Å². The van der Waals surface area contributed by atoms with Crippen LogP contribution in [-0.2, 0) is 4.74 Å². The van der Waals surface area contributed by atoms with Crippen LogP contribution >= 0.6 is 0 Å². The molecule has 1 unspecified atom stereocenters. The zero-order chi connectivity index (χ0) is 11.4. The zero-order valence-electron chi connectivity index (χ0n) is 9.23. The van der Waals surface area contributed by atoms with Gasteiger partial charge in [-0.15, -0.1) is 0 Å². The summed E-state index contributed by atoms with van der Waals surface area (Å²) in [4.78, 5) is 11.2. The van der Waals surface area contributed by atoms with Crippen LogP contribution in [0.15, 0.2) is 24.3 Å². The number of carbonyl (C=O) groups is 1. The number of esters is 1. The monoisotopic (exact) mass is 221 g/mol. The van der Waals surface area contributed by atoms with Crippen molar-refractivity contribution in [3.8, 4) is 5.75 Å². The predicted molar refractivity (Wildman–Crippen MR) is 59.7 cm³/mol. The van der Waals surface area contributed by atoms with Crippen LogP contribution in [0.1, 0.15) is 16.8 Å². The molecule has 1 heterocycles. The van der Waals surface area contributed by atoms with Gasteiger partial charge in [0.15, 0.2) is 0 Å². The maximum Gasteiger partial charge on any atom is 0.337 e. The third kappa shape index (κ3) is 2.52. The van der Waals surface area contributed by atoms with Crippen LogP contribution < -0.4 is 10.1 Å². The second-order valence-corrected chi connectivity index (χ2v) is 3.75. The van der Waals surface area contributed by atoms with Crippen LogP contribution in [0.2, 0.25) is 0 Å². The van der Waals surface area contributed by atoms with Crippen molar-refractivity contribution >= 4 is 5.97 Å². The average Bonchev–Trinajstić information content (AvgIpc) is 2.82. The maximum atomic E-state index is 11.2. The summed E-state index contributed by atoms with van der Waals surface area (Å²) in [6, 6.07) is 7.02. The van der Waals surface area contributed by atoms with Crippen LogP contribution in [0.5, 0.6) is 5.75 Å². The fraction of sp³-hybridized carbons (Fsp3) is 0.417. The predicted octanol–water partition coefficient (Wildman–Crippen LogP) is 1.21. The summed E-state index contributed by atoms with van der Waals surface area (Å²) in [7, 11) is 1.37. The van der Waals surface area contributed by atoms with E-state index >= 15 is 0 Å². The van der Waals surface area contributed by atoms with Crippen molar-refractivity contribution in [2.45, 2.75) is 12.5 Å². The number of nitrogens with one attached hydrogen (secondary N) is 1. The number of benzene rings is 1. The van der Waals surface area contributed by atoms with E-state index in [0.29, 0.717) is 5.56 Å². The first-order chi connectivity index (χ1) is 7.79. The first-order valence-corrected chi connectivity index (χ1v) is 5.35. The molecule has 1 N–H and O–H groups in total. The van der Waals surface area contributed by atoms with Crippen molar-refractivity contribution in [3.05, 3.63) is 29.8 Å². The highest BCUT2D eigenvalue weighted by atomic mass is 16.5.